The van der Waals surface area contributed by atoms with Gasteiger partial charge in [0.1, 0.15) is 6.29 Å². The predicted octanol–water partition coefficient (Wildman–Crippen LogP) is 3.26. The van der Waals surface area contributed by atoms with Crippen LogP contribution in [0.15, 0.2) is 0 Å². The number of likely N-dealkylation sites (tertiary alicyclic amines) is 1. The number of hydrogen-bond acceptors (Lipinski definition) is 2. The van der Waals surface area contributed by atoms with Crippen LogP contribution in [-0.4, -0.2) is 30.3 Å². The highest BCUT2D eigenvalue weighted by molar-refractivity contribution is 5.59. The zero-order chi connectivity index (χ0) is 12.3. The number of aldehydes is 1. The van der Waals surface area contributed by atoms with Crippen LogP contribution in [0.25, 0.3) is 0 Å². The maximum atomic E-state index is 11.6. The highest BCUT2D eigenvalue weighted by atomic mass is 16.1. The van der Waals surface area contributed by atoms with Gasteiger partial charge in [-0.1, -0.05) is 32.6 Å². The predicted molar refractivity (Wildman–Crippen MR) is 71.0 cm³/mol. The lowest BCUT2D eigenvalue weighted by molar-refractivity contribution is -0.118. The monoisotopic (exact) mass is 237 g/mol. The molecule has 1 heterocycles. The van der Waals surface area contributed by atoms with E-state index >= 15 is 0 Å². The minimum Gasteiger partial charge on any atom is -0.303 e. The van der Waals surface area contributed by atoms with E-state index in [2.05, 4.69) is 18.7 Å². The van der Waals surface area contributed by atoms with Crippen molar-refractivity contribution in [1.82, 2.24) is 4.90 Å². The Balaban J connectivity index is 2.00. The third kappa shape index (κ3) is 3.09. The lowest BCUT2D eigenvalue weighted by Crippen LogP contribution is -2.40. The Kier molecular flexibility index (Phi) is 4.24. The molecule has 0 N–H and O–H groups in total. The van der Waals surface area contributed by atoms with Gasteiger partial charge in [-0.2, -0.15) is 0 Å². The van der Waals surface area contributed by atoms with Crippen LogP contribution < -0.4 is 0 Å². The molecule has 1 saturated carbocycles. The van der Waals surface area contributed by atoms with Gasteiger partial charge in [0.25, 0.3) is 0 Å². The Morgan fingerprint density at radius 2 is 1.82 bits per heavy atom. The second kappa shape index (κ2) is 5.51. The van der Waals surface area contributed by atoms with Crippen LogP contribution in [0.4, 0.5) is 0 Å². The first-order valence-corrected chi connectivity index (χ1v) is 7.36. The maximum absolute atomic E-state index is 11.6. The van der Waals surface area contributed by atoms with Crippen LogP contribution in [0.3, 0.4) is 0 Å². The van der Waals surface area contributed by atoms with Gasteiger partial charge in [0, 0.05) is 24.5 Å². The van der Waals surface area contributed by atoms with Crippen molar-refractivity contribution < 1.29 is 4.79 Å². The molecule has 2 atom stereocenters. The molecule has 0 aromatic heterocycles. The highest BCUT2D eigenvalue weighted by Gasteiger charge is 2.36. The summed E-state index contributed by atoms with van der Waals surface area (Å²) in [7, 11) is 0. The average molecular weight is 237 g/mol. The van der Waals surface area contributed by atoms with Crippen LogP contribution in [0, 0.1) is 11.3 Å². The molecule has 0 radical (unpaired) electrons. The van der Waals surface area contributed by atoms with Crippen molar-refractivity contribution in [3.63, 3.8) is 0 Å². The van der Waals surface area contributed by atoms with Gasteiger partial charge < -0.3 is 4.79 Å². The van der Waals surface area contributed by atoms with Crippen molar-refractivity contribution in [3.05, 3.63) is 0 Å². The summed E-state index contributed by atoms with van der Waals surface area (Å²) in [5, 5.41) is 0. The second-order valence-corrected chi connectivity index (χ2v) is 6.51. The largest absolute Gasteiger partial charge is 0.303 e. The van der Waals surface area contributed by atoms with Gasteiger partial charge in [-0.25, -0.2) is 0 Å². The summed E-state index contributed by atoms with van der Waals surface area (Å²) in [5.74, 6) is 0.805. The second-order valence-electron chi connectivity index (χ2n) is 6.51. The maximum Gasteiger partial charge on any atom is 0.127 e. The number of carbonyl (C=O) groups is 1. The summed E-state index contributed by atoms with van der Waals surface area (Å²) in [6, 6.07) is 0.671. The number of hydrogen-bond donors (Lipinski definition) is 0. The molecule has 2 nitrogen and oxygen atoms in total. The fourth-order valence-corrected chi connectivity index (χ4v) is 3.76. The summed E-state index contributed by atoms with van der Waals surface area (Å²) in [6.45, 7) is 6.86. The molecule has 2 unspecified atom stereocenters. The van der Waals surface area contributed by atoms with E-state index in [1.165, 1.54) is 44.9 Å². The fraction of sp³-hybridized carbons (Fsp3) is 0.933. The molecule has 2 rings (SSSR count). The third-order valence-electron chi connectivity index (χ3n) is 4.78. The molecule has 2 heteroatoms. The Morgan fingerprint density at radius 3 is 2.29 bits per heavy atom. The molecule has 2 aliphatic rings. The molecule has 0 amide bonds. The zero-order valence-electron chi connectivity index (χ0n) is 11.5. The summed E-state index contributed by atoms with van der Waals surface area (Å²) < 4.78 is 0. The van der Waals surface area contributed by atoms with Crippen molar-refractivity contribution >= 4 is 6.29 Å². The van der Waals surface area contributed by atoms with Gasteiger partial charge in [0.15, 0.2) is 0 Å². The average Bonchev–Trinajstić information content (AvgIpc) is 2.54. The lowest BCUT2D eigenvalue weighted by Gasteiger charge is -2.33. The van der Waals surface area contributed by atoms with Gasteiger partial charge in [-0.15, -0.1) is 0 Å². The Bertz CT molecular complexity index is 256. The van der Waals surface area contributed by atoms with Gasteiger partial charge >= 0.3 is 0 Å². The SMILES string of the molecule is CC1CC(C)N(CC2(C=O)CCCCCC2)C1. The van der Waals surface area contributed by atoms with E-state index in [9.17, 15) is 4.79 Å². The van der Waals surface area contributed by atoms with E-state index in [1.54, 1.807) is 0 Å². The van der Waals surface area contributed by atoms with Crippen LogP contribution >= 0.6 is 0 Å². The first-order chi connectivity index (χ1) is 8.15. The van der Waals surface area contributed by atoms with Gasteiger partial charge in [0.2, 0.25) is 0 Å². The van der Waals surface area contributed by atoms with E-state index in [4.69, 9.17) is 0 Å². The molecule has 0 aromatic carbocycles. The summed E-state index contributed by atoms with van der Waals surface area (Å²) in [4.78, 5) is 14.1. The molecular weight excluding hydrogens is 210 g/mol. The molecule has 0 bridgehead atoms. The van der Waals surface area contributed by atoms with Crippen LogP contribution in [0.2, 0.25) is 0 Å². The Hall–Kier alpha value is -0.370. The quantitative estimate of drug-likeness (QED) is 0.555. The van der Waals surface area contributed by atoms with Crippen LogP contribution in [-0.2, 0) is 4.79 Å². The minimum absolute atomic E-state index is 0.0190. The summed E-state index contributed by atoms with van der Waals surface area (Å²) >= 11 is 0. The summed E-state index contributed by atoms with van der Waals surface area (Å²) in [5.41, 5.74) is -0.0190. The molecule has 1 aliphatic carbocycles. The van der Waals surface area contributed by atoms with E-state index in [1.807, 2.05) is 0 Å². The number of carbonyl (C=O) groups excluding carboxylic acids is 1. The van der Waals surface area contributed by atoms with Crippen molar-refractivity contribution in [2.45, 2.75) is 64.8 Å². The van der Waals surface area contributed by atoms with Gasteiger partial charge in [-0.05, 0) is 32.1 Å². The fourth-order valence-electron chi connectivity index (χ4n) is 3.76. The smallest absolute Gasteiger partial charge is 0.127 e. The van der Waals surface area contributed by atoms with Crippen LogP contribution in [0.1, 0.15) is 58.8 Å². The van der Waals surface area contributed by atoms with Crippen molar-refractivity contribution in [2.75, 3.05) is 13.1 Å². The Labute approximate surface area is 106 Å². The molecule has 17 heavy (non-hydrogen) atoms. The number of nitrogens with zero attached hydrogens (tertiary/aromatic N) is 1. The molecule has 1 aliphatic heterocycles. The Morgan fingerprint density at radius 1 is 1.18 bits per heavy atom. The molecule has 0 aromatic rings. The lowest BCUT2D eigenvalue weighted by atomic mass is 9.81. The third-order valence-corrected chi connectivity index (χ3v) is 4.78. The van der Waals surface area contributed by atoms with Crippen molar-refractivity contribution in [1.29, 1.82) is 0 Å². The molecular formula is C15H27NO. The van der Waals surface area contributed by atoms with E-state index < -0.39 is 0 Å². The summed E-state index contributed by atoms with van der Waals surface area (Å²) in [6.07, 6.45) is 9.96. The van der Waals surface area contributed by atoms with Crippen LogP contribution in [0.5, 0.6) is 0 Å². The standard InChI is InChI=1S/C15H27NO/c1-13-9-14(2)16(10-13)11-15(12-17)7-5-3-4-6-8-15/h12-14H,3-11H2,1-2H3. The highest BCUT2D eigenvalue weighted by Crippen LogP contribution is 2.36. The first-order valence-electron chi connectivity index (χ1n) is 7.36. The normalized spacial score (nSPS) is 34.5. The van der Waals surface area contributed by atoms with Gasteiger partial charge in [-0.3, -0.25) is 4.90 Å². The first kappa shape index (κ1) is 13.1. The van der Waals surface area contributed by atoms with E-state index in [-0.39, 0.29) is 5.41 Å². The van der Waals surface area contributed by atoms with E-state index in [0.717, 1.165) is 25.3 Å². The number of rotatable bonds is 3. The topological polar surface area (TPSA) is 20.3 Å². The molecule has 0 spiro atoms. The zero-order valence-corrected chi connectivity index (χ0v) is 11.5. The van der Waals surface area contributed by atoms with Crippen molar-refractivity contribution in [3.8, 4) is 0 Å². The van der Waals surface area contributed by atoms with Crippen molar-refractivity contribution in [2.24, 2.45) is 11.3 Å². The molecule has 98 valence electrons. The minimum atomic E-state index is -0.0190. The molecule has 2 fully saturated rings. The van der Waals surface area contributed by atoms with Gasteiger partial charge in [0.05, 0.1) is 0 Å². The van der Waals surface area contributed by atoms with E-state index in [0.29, 0.717) is 6.04 Å². The molecule has 1 saturated heterocycles.